The van der Waals surface area contributed by atoms with Gasteiger partial charge >= 0.3 is 6.09 Å². The Kier molecular flexibility index (Phi) is 6.03. The molecule has 2 rings (SSSR count). The highest BCUT2D eigenvalue weighted by atomic mass is 32.1. The molecule has 2 unspecified atom stereocenters. The van der Waals surface area contributed by atoms with Gasteiger partial charge in [0.1, 0.15) is 16.5 Å². The van der Waals surface area contributed by atoms with Crippen LogP contribution in [0.4, 0.5) is 4.79 Å². The van der Waals surface area contributed by atoms with Crippen LogP contribution in [0.1, 0.15) is 49.8 Å². The van der Waals surface area contributed by atoms with Crippen LogP contribution in [-0.2, 0) is 11.3 Å². The van der Waals surface area contributed by atoms with E-state index >= 15 is 0 Å². The zero-order valence-corrected chi connectivity index (χ0v) is 14.8. The van der Waals surface area contributed by atoms with Gasteiger partial charge in [0.15, 0.2) is 0 Å². The highest BCUT2D eigenvalue weighted by Gasteiger charge is 2.27. The number of nitriles is 1. The SMILES string of the molecule is CC(C)(C)OC(=O)NCC1CCCC1NCc1ccc(C#N)s1. The summed E-state index contributed by atoms with van der Waals surface area (Å²) in [5, 5.41) is 15.3. The maximum atomic E-state index is 11.8. The Labute approximate surface area is 142 Å². The topological polar surface area (TPSA) is 74.2 Å². The summed E-state index contributed by atoms with van der Waals surface area (Å²) in [4.78, 5) is 13.7. The van der Waals surface area contributed by atoms with Gasteiger partial charge in [-0.15, -0.1) is 11.3 Å². The molecule has 23 heavy (non-hydrogen) atoms. The van der Waals surface area contributed by atoms with Gasteiger partial charge in [0.25, 0.3) is 0 Å². The number of hydrogen-bond donors (Lipinski definition) is 2. The molecule has 2 N–H and O–H groups in total. The van der Waals surface area contributed by atoms with Gasteiger partial charge in [-0.05, 0) is 51.7 Å². The summed E-state index contributed by atoms with van der Waals surface area (Å²) in [6, 6.07) is 6.42. The molecule has 6 heteroatoms. The van der Waals surface area contributed by atoms with E-state index < -0.39 is 5.60 Å². The fourth-order valence-electron chi connectivity index (χ4n) is 2.84. The highest BCUT2D eigenvalue weighted by molar-refractivity contribution is 7.12. The molecule has 1 heterocycles. The molecule has 0 aromatic carbocycles. The number of nitrogens with one attached hydrogen (secondary N) is 2. The van der Waals surface area contributed by atoms with Crippen LogP contribution >= 0.6 is 11.3 Å². The van der Waals surface area contributed by atoms with Crippen LogP contribution in [0.15, 0.2) is 12.1 Å². The Morgan fingerprint density at radius 1 is 1.43 bits per heavy atom. The fourth-order valence-corrected chi connectivity index (χ4v) is 3.60. The van der Waals surface area contributed by atoms with E-state index in [9.17, 15) is 4.79 Å². The van der Waals surface area contributed by atoms with Crippen molar-refractivity contribution in [3.05, 3.63) is 21.9 Å². The largest absolute Gasteiger partial charge is 0.444 e. The van der Waals surface area contributed by atoms with Gasteiger partial charge in [0.2, 0.25) is 0 Å². The van der Waals surface area contributed by atoms with Gasteiger partial charge in [-0.2, -0.15) is 5.26 Å². The Bertz CT molecular complexity index is 571. The van der Waals surface area contributed by atoms with E-state index in [-0.39, 0.29) is 6.09 Å². The molecular formula is C17H25N3O2S. The van der Waals surface area contributed by atoms with Gasteiger partial charge in [0, 0.05) is 24.0 Å². The van der Waals surface area contributed by atoms with Gasteiger partial charge in [-0.3, -0.25) is 0 Å². The van der Waals surface area contributed by atoms with E-state index in [1.165, 1.54) is 22.6 Å². The zero-order valence-electron chi connectivity index (χ0n) is 14.0. The van der Waals surface area contributed by atoms with Crippen molar-refractivity contribution in [3.8, 4) is 6.07 Å². The molecule has 1 aliphatic rings. The van der Waals surface area contributed by atoms with Crippen molar-refractivity contribution in [1.29, 1.82) is 5.26 Å². The molecule has 0 aliphatic heterocycles. The number of nitrogens with zero attached hydrogens (tertiary/aromatic N) is 1. The number of alkyl carbamates (subject to hydrolysis) is 1. The summed E-state index contributed by atoms with van der Waals surface area (Å²) in [5.41, 5.74) is -0.463. The second kappa shape index (κ2) is 7.80. The molecule has 0 radical (unpaired) electrons. The van der Waals surface area contributed by atoms with Crippen LogP contribution in [0.3, 0.4) is 0 Å². The lowest BCUT2D eigenvalue weighted by Gasteiger charge is -2.23. The summed E-state index contributed by atoms with van der Waals surface area (Å²) in [5.74, 6) is 0.429. The first-order valence-corrected chi connectivity index (χ1v) is 8.88. The molecule has 0 spiro atoms. The minimum absolute atomic E-state index is 0.347. The minimum Gasteiger partial charge on any atom is -0.444 e. The molecule has 1 aromatic rings. The van der Waals surface area contributed by atoms with Crippen molar-refractivity contribution in [3.63, 3.8) is 0 Å². The molecule has 0 bridgehead atoms. The summed E-state index contributed by atoms with van der Waals surface area (Å²) in [6.45, 7) is 7.01. The molecule has 0 saturated heterocycles. The zero-order chi connectivity index (χ0) is 16.9. The molecule has 1 aromatic heterocycles. The van der Waals surface area contributed by atoms with Crippen LogP contribution in [-0.4, -0.2) is 24.3 Å². The average molecular weight is 335 g/mol. The second-order valence-electron chi connectivity index (χ2n) is 6.94. The molecule has 1 saturated carbocycles. The average Bonchev–Trinajstić information content (AvgIpc) is 3.10. The third kappa shape index (κ3) is 5.85. The van der Waals surface area contributed by atoms with E-state index in [1.54, 1.807) is 0 Å². The third-order valence-corrected chi connectivity index (χ3v) is 4.87. The second-order valence-corrected chi connectivity index (χ2v) is 8.11. The van der Waals surface area contributed by atoms with Crippen LogP contribution in [0.5, 0.6) is 0 Å². The lowest BCUT2D eigenvalue weighted by atomic mass is 10.0. The first kappa shape index (κ1) is 17.8. The van der Waals surface area contributed by atoms with Crippen LogP contribution in [0.25, 0.3) is 0 Å². The van der Waals surface area contributed by atoms with E-state index in [0.717, 1.165) is 24.3 Å². The summed E-state index contributed by atoms with van der Waals surface area (Å²) < 4.78 is 5.28. The lowest BCUT2D eigenvalue weighted by molar-refractivity contribution is 0.0517. The van der Waals surface area contributed by atoms with Crippen LogP contribution < -0.4 is 10.6 Å². The lowest BCUT2D eigenvalue weighted by Crippen LogP contribution is -2.40. The smallest absolute Gasteiger partial charge is 0.407 e. The summed E-state index contributed by atoms with van der Waals surface area (Å²) in [6.07, 6.45) is 3.06. The number of hydrogen-bond acceptors (Lipinski definition) is 5. The summed E-state index contributed by atoms with van der Waals surface area (Å²) >= 11 is 1.53. The molecular weight excluding hydrogens is 310 g/mol. The van der Waals surface area contributed by atoms with Crippen molar-refractivity contribution in [2.75, 3.05) is 6.54 Å². The van der Waals surface area contributed by atoms with Crippen LogP contribution in [0, 0.1) is 17.2 Å². The number of thiophene rings is 1. The molecule has 1 amide bonds. The van der Waals surface area contributed by atoms with Gasteiger partial charge in [-0.25, -0.2) is 4.79 Å². The normalized spacial score (nSPS) is 21.0. The van der Waals surface area contributed by atoms with Crippen molar-refractivity contribution in [2.24, 2.45) is 5.92 Å². The van der Waals surface area contributed by atoms with Gasteiger partial charge in [-0.1, -0.05) is 6.42 Å². The summed E-state index contributed by atoms with van der Waals surface area (Å²) in [7, 11) is 0. The van der Waals surface area contributed by atoms with E-state index in [2.05, 4.69) is 16.7 Å². The maximum absolute atomic E-state index is 11.8. The fraction of sp³-hybridized carbons (Fsp3) is 0.647. The predicted molar refractivity (Wildman–Crippen MR) is 91.2 cm³/mol. The standard InChI is InChI=1S/C17H25N3O2S/c1-17(2,3)22-16(21)20-10-12-5-4-6-15(12)19-11-14-8-7-13(9-18)23-14/h7-8,12,15,19H,4-6,10-11H2,1-3H3,(H,20,21). The maximum Gasteiger partial charge on any atom is 0.407 e. The Balaban J connectivity index is 1.76. The highest BCUT2D eigenvalue weighted by Crippen LogP contribution is 2.26. The third-order valence-electron chi connectivity index (χ3n) is 3.88. The number of carbonyl (C=O) groups is 1. The quantitative estimate of drug-likeness (QED) is 0.865. The monoisotopic (exact) mass is 335 g/mol. The minimum atomic E-state index is -0.463. The molecule has 1 aliphatic carbocycles. The number of amides is 1. The van der Waals surface area contributed by atoms with Gasteiger partial charge in [0.05, 0.1) is 0 Å². The number of rotatable bonds is 5. The Hall–Kier alpha value is -1.58. The van der Waals surface area contributed by atoms with E-state index in [1.807, 2.05) is 32.9 Å². The first-order chi connectivity index (χ1) is 10.9. The van der Waals surface area contributed by atoms with Crippen molar-refractivity contribution < 1.29 is 9.53 Å². The Morgan fingerprint density at radius 2 is 2.22 bits per heavy atom. The molecule has 5 nitrogen and oxygen atoms in total. The predicted octanol–water partition coefficient (Wildman–Crippen LogP) is 3.40. The first-order valence-electron chi connectivity index (χ1n) is 8.06. The van der Waals surface area contributed by atoms with Crippen molar-refractivity contribution in [2.45, 2.75) is 58.2 Å². The van der Waals surface area contributed by atoms with E-state index in [0.29, 0.717) is 18.5 Å². The van der Waals surface area contributed by atoms with E-state index in [4.69, 9.17) is 10.00 Å². The molecule has 126 valence electrons. The van der Waals surface area contributed by atoms with Gasteiger partial charge < -0.3 is 15.4 Å². The van der Waals surface area contributed by atoms with Crippen LogP contribution in [0.2, 0.25) is 0 Å². The van der Waals surface area contributed by atoms with Crippen molar-refractivity contribution >= 4 is 17.4 Å². The Morgan fingerprint density at radius 3 is 2.87 bits per heavy atom. The molecule has 1 fully saturated rings. The molecule has 2 atom stereocenters. The number of carbonyl (C=O) groups excluding carboxylic acids is 1. The van der Waals surface area contributed by atoms with Crippen molar-refractivity contribution in [1.82, 2.24) is 10.6 Å². The number of ether oxygens (including phenoxy) is 1.